The molecule has 1 atom stereocenters. The molecule has 0 heterocycles. The summed E-state index contributed by atoms with van der Waals surface area (Å²) in [5.41, 5.74) is 1.54. The molecule has 0 unspecified atom stereocenters. The molecule has 19 heavy (non-hydrogen) atoms. The Bertz CT molecular complexity index is 597. The first kappa shape index (κ1) is 14.0. The van der Waals surface area contributed by atoms with E-state index < -0.39 is 11.9 Å². The van der Waals surface area contributed by atoms with Gasteiger partial charge >= 0.3 is 0 Å². The Morgan fingerprint density at radius 1 is 1.21 bits per heavy atom. The van der Waals surface area contributed by atoms with Crippen LogP contribution in [0.3, 0.4) is 0 Å². The van der Waals surface area contributed by atoms with E-state index in [-0.39, 0.29) is 5.75 Å². The molecule has 2 rings (SSSR count). The average Bonchev–Trinajstić information content (AvgIpc) is 2.36. The zero-order valence-corrected chi connectivity index (χ0v) is 12.2. The highest BCUT2D eigenvalue weighted by Crippen LogP contribution is 2.29. The van der Waals surface area contributed by atoms with Gasteiger partial charge in [-0.15, -0.1) is 0 Å². The third-order valence-electron chi connectivity index (χ3n) is 2.80. The molecule has 100 valence electrons. The molecular weight excluding hydrogens is 311 g/mol. The van der Waals surface area contributed by atoms with E-state index >= 15 is 0 Å². The number of aliphatic hydroxyl groups is 1. The molecule has 0 amide bonds. The Morgan fingerprint density at radius 2 is 1.95 bits per heavy atom. The summed E-state index contributed by atoms with van der Waals surface area (Å²) in [6, 6.07) is 9.90. The van der Waals surface area contributed by atoms with Crippen LogP contribution in [-0.4, -0.2) is 5.11 Å². The van der Waals surface area contributed by atoms with Gasteiger partial charge in [-0.1, -0.05) is 22.0 Å². The van der Waals surface area contributed by atoms with Crippen LogP contribution in [0.5, 0.6) is 11.5 Å². The van der Waals surface area contributed by atoms with Gasteiger partial charge in [0.15, 0.2) is 11.6 Å². The minimum Gasteiger partial charge on any atom is -0.454 e. The van der Waals surface area contributed by atoms with Crippen LogP contribution >= 0.6 is 15.9 Å². The van der Waals surface area contributed by atoms with Gasteiger partial charge in [-0.05, 0) is 55.3 Å². The largest absolute Gasteiger partial charge is 0.454 e. The van der Waals surface area contributed by atoms with Crippen molar-refractivity contribution in [2.75, 3.05) is 0 Å². The third kappa shape index (κ3) is 3.33. The summed E-state index contributed by atoms with van der Waals surface area (Å²) in [6.45, 7) is 3.53. The molecular formula is C15H14BrFO2. The summed E-state index contributed by atoms with van der Waals surface area (Å²) in [7, 11) is 0. The van der Waals surface area contributed by atoms with Crippen LogP contribution in [0.4, 0.5) is 4.39 Å². The first-order chi connectivity index (χ1) is 8.97. The summed E-state index contributed by atoms with van der Waals surface area (Å²) in [6.07, 6.45) is -0.696. The van der Waals surface area contributed by atoms with Crippen LogP contribution < -0.4 is 4.74 Å². The lowest BCUT2D eigenvalue weighted by Gasteiger charge is -2.10. The number of ether oxygens (including phenoxy) is 1. The van der Waals surface area contributed by atoms with Crippen molar-refractivity contribution in [3.63, 3.8) is 0 Å². The Morgan fingerprint density at radius 3 is 2.53 bits per heavy atom. The molecule has 2 aromatic carbocycles. The molecule has 2 nitrogen and oxygen atoms in total. The second kappa shape index (κ2) is 5.72. The van der Waals surface area contributed by atoms with Gasteiger partial charge in [0.05, 0.1) is 6.10 Å². The van der Waals surface area contributed by atoms with E-state index in [1.807, 2.05) is 19.1 Å². The highest BCUT2D eigenvalue weighted by molar-refractivity contribution is 9.10. The minimum atomic E-state index is -0.696. The maximum Gasteiger partial charge on any atom is 0.166 e. The molecule has 0 aromatic heterocycles. The zero-order valence-electron chi connectivity index (χ0n) is 10.7. The molecule has 0 aliphatic heterocycles. The number of hydrogen-bond donors (Lipinski definition) is 1. The van der Waals surface area contributed by atoms with Gasteiger partial charge in [0.1, 0.15) is 5.75 Å². The molecule has 0 saturated carbocycles. The first-order valence-corrected chi connectivity index (χ1v) is 6.68. The van der Waals surface area contributed by atoms with Crippen LogP contribution in [0, 0.1) is 12.7 Å². The fourth-order valence-corrected chi connectivity index (χ4v) is 1.91. The number of aliphatic hydroxyl groups excluding tert-OH is 1. The van der Waals surface area contributed by atoms with Crippen molar-refractivity contribution in [2.24, 2.45) is 0 Å². The predicted molar refractivity (Wildman–Crippen MR) is 76.0 cm³/mol. The topological polar surface area (TPSA) is 29.5 Å². The maximum absolute atomic E-state index is 13.8. The molecule has 0 fully saturated rings. The van der Waals surface area contributed by atoms with Crippen molar-refractivity contribution in [2.45, 2.75) is 20.0 Å². The normalized spacial score (nSPS) is 12.3. The summed E-state index contributed by atoms with van der Waals surface area (Å²) in [4.78, 5) is 0. The van der Waals surface area contributed by atoms with Crippen LogP contribution in [0.2, 0.25) is 0 Å². The molecule has 2 aromatic rings. The molecule has 0 saturated heterocycles. The summed E-state index contributed by atoms with van der Waals surface area (Å²) >= 11 is 3.40. The summed E-state index contributed by atoms with van der Waals surface area (Å²) in [5, 5.41) is 9.38. The van der Waals surface area contributed by atoms with Crippen LogP contribution in [0.1, 0.15) is 24.2 Å². The van der Waals surface area contributed by atoms with Crippen molar-refractivity contribution in [3.05, 3.63) is 57.8 Å². The van der Waals surface area contributed by atoms with E-state index in [0.717, 1.165) is 10.0 Å². The highest BCUT2D eigenvalue weighted by Gasteiger charge is 2.09. The van der Waals surface area contributed by atoms with Crippen molar-refractivity contribution >= 4 is 15.9 Å². The second-order valence-electron chi connectivity index (χ2n) is 4.38. The lowest BCUT2D eigenvalue weighted by Crippen LogP contribution is -1.94. The van der Waals surface area contributed by atoms with E-state index in [9.17, 15) is 9.50 Å². The van der Waals surface area contributed by atoms with Crippen molar-refractivity contribution in [1.29, 1.82) is 0 Å². The maximum atomic E-state index is 13.8. The lowest BCUT2D eigenvalue weighted by atomic mass is 10.1. The SMILES string of the molecule is Cc1cc(Oc2ccc([C@@H](C)O)cc2F)ccc1Br. The molecule has 4 heteroatoms. The molecule has 0 radical (unpaired) electrons. The van der Waals surface area contributed by atoms with Gasteiger partial charge in [-0.3, -0.25) is 0 Å². The predicted octanol–water partition coefficient (Wildman–Crippen LogP) is 4.74. The fraction of sp³-hybridized carbons (Fsp3) is 0.200. The number of halogens is 2. The van der Waals surface area contributed by atoms with Crippen molar-refractivity contribution in [3.8, 4) is 11.5 Å². The first-order valence-electron chi connectivity index (χ1n) is 5.89. The summed E-state index contributed by atoms with van der Waals surface area (Å²) < 4.78 is 20.3. The molecule has 0 aliphatic rings. The smallest absolute Gasteiger partial charge is 0.166 e. The average molecular weight is 325 g/mol. The summed E-state index contributed by atoms with van der Waals surface area (Å²) in [5.74, 6) is 0.231. The molecule has 0 aliphatic carbocycles. The van der Waals surface area contributed by atoms with Crippen LogP contribution in [-0.2, 0) is 0 Å². The van der Waals surface area contributed by atoms with Gasteiger partial charge in [0.2, 0.25) is 0 Å². The van der Waals surface area contributed by atoms with E-state index in [1.165, 1.54) is 12.1 Å². The van der Waals surface area contributed by atoms with E-state index in [4.69, 9.17) is 4.74 Å². The fourth-order valence-electron chi connectivity index (χ4n) is 1.67. The number of benzene rings is 2. The molecule has 1 N–H and O–H groups in total. The molecule has 0 spiro atoms. The quantitative estimate of drug-likeness (QED) is 0.883. The van der Waals surface area contributed by atoms with Gasteiger partial charge in [0.25, 0.3) is 0 Å². The van der Waals surface area contributed by atoms with Crippen molar-refractivity contribution in [1.82, 2.24) is 0 Å². The Kier molecular flexibility index (Phi) is 4.22. The zero-order chi connectivity index (χ0) is 14.0. The van der Waals surface area contributed by atoms with E-state index in [0.29, 0.717) is 11.3 Å². The molecule has 0 bridgehead atoms. The van der Waals surface area contributed by atoms with Gasteiger partial charge in [0, 0.05) is 4.47 Å². The monoisotopic (exact) mass is 324 g/mol. The highest BCUT2D eigenvalue weighted by atomic mass is 79.9. The van der Waals surface area contributed by atoms with Crippen LogP contribution in [0.15, 0.2) is 40.9 Å². The Balaban J connectivity index is 2.25. The van der Waals surface area contributed by atoms with Gasteiger partial charge < -0.3 is 9.84 Å². The van der Waals surface area contributed by atoms with Crippen molar-refractivity contribution < 1.29 is 14.2 Å². The van der Waals surface area contributed by atoms with E-state index in [1.54, 1.807) is 19.1 Å². The Labute approximate surface area is 120 Å². The minimum absolute atomic E-state index is 0.145. The number of rotatable bonds is 3. The third-order valence-corrected chi connectivity index (χ3v) is 3.69. The van der Waals surface area contributed by atoms with E-state index in [2.05, 4.69) is 15.9 Å². The van der Waals surface area contributed by atoms with Gasteiger partial charge in [-0.2, -0.15) is 0 Å². The number of aryl methyl sites for hydroxylation is 1. The van der Waals surface area contributed by atoms with Crippen LogP contribution in [0.25, 0.3) is 0 Å². The Hall–Kier alpha value is -1.39. The standard InChI is InChI=1S/C15H14BrFO2/c1-9-7-12(4-5-13(9)16)19-15-6-3-11(10(2)18)8-14(15)17/h3-8,10,18H,1-2H3/t10-/m1/s1. The second-order valence-corrected chi connectivity index (χ2v) is 5.23. The van der Waals surface area contributed by atoms with Gasteiger partial charge in [-0.25, -0.2) is 4.39 Å². The lowest BCUT2D eigenvalue weighted by molar-refractivity contribution is 0.198. The number of hydrogen-bond acceptors (Lipinski definition) is 2.